The van der Waals surface area contributed by atoms with Crippen LogP contribution in [-0.4, -0.2) is 10.9 Å². The molecule has 0 fully saturated rings. The molecule has 2 aromatic carbocycles. The van der Waals surface area contributed by atoms with Gasteiger partial charge >= 0.3 is 6.18 Å². The first-order valence-corrected chi connectivity index (χ1v) is 9.23. The summed E-state index contributed by atoms with van der Waals surface area (Å²) in [5, 5.41) is 5.55. The Labute approximate surface area is 166 Å². The SMILES string of the molecule is O=C(Nc1cccc(C(F)(F)F)c1)c1csc(Cc2c(Cl)cccc2Cl)n1. The Morgan fingerprint density at radius 1 is 1.11 bits per heavy atom. The van der Waals surface area contributed by atoms with Crippen LogP contribution in [0.4, 0.5) is 18.9 Å². The number of amides is 1. The second kappa shape index (κ2) is 7.88. The molecule has 0 saturated heterocycles. The number of hydrogen-bond acceptors (Lipinski definition) is 3. The maximum atomic E-state index is 12.8. The predicted molar refractivity (Wildman–Crippen MR) is 101 cm³/mol. The number of nitrogens with one attached hydrogen (secondary N) is 1. The lowest BCUT2D eigenvalue weighted by molar-refractivity contribution is -0.137. The summed E-state index contributed by atoms with van der Waals surface area (Å²) >= 11 is 13.5. The molecule has 0 bridgehead atoms. The van der Waals surface area contributed by atoms with Crippen LogP contribution < -0.4 is 5.32 Å². The van der Waals surface area contributed by atoms with E-state index in [-0.39, 0.29) is 11.4 Å². The highest BCUT2D eigenvalue weighted by molar-refractivity contribution is 7.09. The maximum Gasteiger partial charge on any atom is 0.416 e. The molecule has 0 aliphatic rings. The second-order valence-electron chi connectivity index (χ2n) is 5.54. The van der Waals surface area contributed by atoms with Crippen LogP contribution in [0, 0.1) is 0 Å². The Morgan fingerprint density at radius 2 is 1.78 bits per heavy atom. The van der Waals surface area contributed by atoms with E-state index < -0.39 is 17.6 Å². The molecule has 0 atom stereocenters. The standard InChI is InChI=1S/C18H11Cl2F3N2OS/c19-13-5-2-6-14(20)12(13)8-16-25-15(9-27-16)17(26)24-11-4-1-3-10(7-11)18(21,22)23/h1-7,9H,8H2,(H,24,26). The number of carbonyl (C=O) groups excluding carboxylic acids is 1. The van der Waals surface area contributed by atoms with Crippen LogP contribution in [0.2, 0.25) is 10.0 Å². The van der Waals surface area contributed by atoms with E-state index in [4.69, 9.17) is 23.2 Å². The van der Waals surface area contributed by atoms with Crippen LogP contribution in [0.25, 0.3) is 0 Å². The van der Waals surface area contributed by atoms with Crippen molar-refractivity contribution < 1.29 is 18.0 Å². The number of nitrogens with zero attached hydrogens (tertiary/aromatic N) is 1. The second-order valence-corrected chi connectivity index (χ2v) is 7.29. The molecule has 3 nitrogen and oxygen atoms in total. The van der Waals surface area contributed by atoms with E-state index in [1.807, 2.05) is 0 Å². The van der Waals surface area contributed by atoms with Gasteiger partial charge in [-0.2, -0.15) is 13.2 Å². The van der Waals surface area contributed by atoms with Crippen molar-refractivity contribution in [2.24, 2.45) is 0 Å². The Bertz CT molecular complexity index is 968. The summed E-state index contributed by atoms with van der Waals surface area (Å²) in [6, 6.07) is 9.55. The van der Waals surface area contributed by atoms with Gasteiger partial charge in [-0.25, -0.2) is 4.98 Å². The predicted octanol–water partition coefficient (Wildman–Crippen LogP) is 6.31. The molecule has 0 unspecified atom stereocenters. The molecule has 0 radical (unpaired) electrons. The zero-order valence-electron chi connectivity index (χ0n) is 13.5. The molecule has 3 aromatic rings. The van der Waals surface area contributed by atoms with Gasteiger partial charge in [-0.15, -0.1) is 11.3 Å². The molecule has 27 heavy (non-hydrogen) atoms. The fraction of sp³-hybridized carbons (Fsp3) is 0.111. The molecule has 1 heterocycles. The topological polar surface area (TPSA) is 42.0 Å². The number of carbonyl (C=O) groups is 1. The van der Waals surface area contributed by atoms with E-state index in [1.54, 1.807) is 18.2 Å². The monoisotopic (exact) mass is 430 g/mol. The minimum atomic E-state index is -4.48. The highest BCUT2D eigenvalue weighted by Crippen LogP contribution is 2.31. The van der Waals surface area contributed by atoms with Crippen LogP contribution in [0.1, 0.15) is 26.6 Å². The van der Waals surface area contributed by atoms with Gasteiger partial charge in [0.2, 0.25) is 0 Å². The van der Waals surface area contributed by atoms with E-state index in [2.05, 4.69) is 10.3 Å². The van der Waals surface area contributed by atoms with Crippen molar-refractivity contribution in [3.05, 3.63) is 79.7 Å². The highest BCUT2D eigenvalue weighted by atomic mass is 35.5. The Kier molecular flexibility index (Phi) is 5.74. The number of aromatic nitrogens is 1. The van der Waals surface area contributed by atoms with Crippen LogP contribution in [0.5, 0.6) is 0 Å². The molecule has 0 saturated carbocycles. The number of benzene rings is 2. The first-order valence-electron chi connectivity index (χ1n) is 7.60. The summed E-state index contributed by atoms with van der Waals surface area (Å²) in [5.41, 5.74) is 0.00163. The Morgan fingerprint density at radius 3 is 2.44 bits per heavy atom. The molecule has 140 valence electrons. The van der Waals surface area contributed by atoms with E-state index in [9.17, 15) is 18.0 Å². The number of hydrogen-bond donors (Lipinski definition) is 1. The zero-order chi connectivity index (χ0) is 19.6. The van der Waals surface area contributed by atoms with Crippen LogP contribution in [0.3, 0.4) is 0 Å². The first kappa shape index (κ1) is 19.7. The average Bonchev–Trinajstić information content (AvgIpc) is 3.07. The van der Waals surface area contributed by atoms with Crippen LogP contribution in [-0.2, 0) is 12.6 Å². The van der Waals surface area contributed by atoms with Gasteiger partial charge in [-0.3, -0.25) is 4.79 Å². The molecule has 1 aromatic heterocycles. The van der Waals surface area contributed by atoms with Crippen molar-refractivity contribution in [3.8, 4) is 0 Å². The molecular weight excluding hydrogens is 420 g/mol. The van der Waals surface area contributed by atoms with E-state index in [0.717, 1.165) is 12.1 Å². The molecule has 9 heteroatoms. The third-order valence-electron chi connectivity index (χ3n) is 3.62. The highest BCUT2D eigenvalue weighted by Gasteiger charge is 2.30. The molecule has 1 amide bonds. The van der Waals surface area contributed by atoms with Crippen molar-refractivity contribution in [1.29, 1.82) is 0 Å². The molecule has 1 N–H and O–H groups in total. The van der Waals surface area contributed by atoms with Gasteiger partial charge in [-0.1, -0.05) is 35.3 Å². The number of anilines is 1. The van der Waals surface area contributed by atoms with E-state index in [0.29, 0.717) is 27.0 Å². The third kappa shape index (κ3) is 4.80. The molecular formula is C18H11Cl2F3N2OS. The molecule has 3 rings (SSSR count). The maximum absolute atomic E-state index is 12.8. The quantitative estimate of drug-likeness (QED) is 0.526. The number of halogens is 5. The van der Waals surface area contributed by atoms with Gasteiger partial charge in [0.25, 0.3) is 5.91 Å². The van der Waals surface area contributed by atoms with Crippen molar-refractivity contribution >= 4 is 46.1 Å². The average molecular weight is 431 g/mol. The smallest absolute Gasteiger partial charge is 0.321 e. The summed E-state index contributed by atoms with van der Waals surface area (Å²) in [5.74, 6) is -0.595. The number of alkyl halides is 3. The fourth-order valence-electron chi connectivity index (χ4n) is 2.32. The summed E-state index contributed by atoms with van der Waals surface area (Å²) in [7, 11) is 0. The van der Waals surface area contributed by atoms with Gasteiger partial charge in [0, 0.05) is 27.5 Å². The van der Waals surface area contributed by atoms with Crippen LogP contribution >= 0.6 is 34.5 Å². The van der Waals surface area contributed by atoms with Gasteiger partial charge in [-0.05, 0) is 35.9 Å². The molecule has 0 spiro atoms. The summed E-state index contributed by atoms with van der Waals surface area (Å²) in [4.78, 5) is 16.5. The lowest BCUT2D eigenvalue weighted by Gasteiger charge is -2.09. The number of rotatable bonds is 4. The summed E-state index contributed by atoms with van der Waals surface area (Å²) < 4.78 is 38.3. The van der Waals surface area contributed by atoms with Crippen molar-refractivity contribution in [2.75, 3.05) is 5.32 Å². The van der Waals surface area contributed by atoms with E-state index >= 15 is 0 Å². The summed E-state index contributed by atoms with van der Waals surface area (Å²) in [6.45, 7) is 0. The Balaban J connectivity index is 1.74. The van der Waals surface area contributed by atoms with Crippen molar-refractivity contribution in [3.63, 3.8) is 0 Å². The third-order valence-corrected chi connectivity index (χ3v) is 5.18. The van der Waals surface area contributed by atoms with Crippen molar-refractivity contribution in [2.45, 2.75) is 12.6 Å². The normalized spacial score (nSPS) is 11.4. The van der Waals surface area contributed by atoms with Gasteiger partial charge in [0.1, 0.15) is 5.69 Å². The fourth-order valence-corrected chi connectivity index (χ4v) is 3.63. The Hall–Kier alpha value is -2.09. The summed E-state index contributed by atoms with van der Waals surface area (Å²) in [6.07, 6.45) is -4.14. The molecule has 0 aliphatic heterocycles. The van der Waals surface area contributed by atoms with Crippen LogP contribution in [0.15, 0.2) is 47.8 Å². The lowest BCUT2D eigenvalue weighted by Crippen LogP contribution is -2.13. The first-order chi connectivity index (χ1) is 12.7. The minimum Gasteiger partial charge on any atom is -0.321 e. The largest absolute Gasteiger partial charge is 0.416 e. The van der Waals surface area contributed by atoms with Gasteiger partial charge in [0.05, 0.1) is 10.6 Å². The van der Waals surface area contributed by atoms with Gasteiger partial charge < -0.3 is 5.32 Å². The van der Waals surface area contributed by atoms with Gasteiger partial charge in [0.15, 0.2) is 0 Å². The minimum absolute atomic E-state index is 0.0403. The van der Waals surface area contributed by atoms with Crippen molar-refractivity contribution in [1.82, 2.24) is 4.98 Å². The zero-order valence-corrected chi connectivity index (χ0v) is 15.8. The molecule has 0 aliphatic carbocycles. The lowest BCUT2D eigenvalue weighted by atomic mass is 10.1. The number of thiazole rings is 1. The van der Waals surface area contributed by atoms with E-state index in [1.165, 1.54) is 28.8 Å².